The second-order valence-electron chi connectivity index (χ2n) is 11.9. The van der Waals surface area contributed by atoms with Gasteiger partial charge in [0, 0.05) is 21.2 Å². The molecule has 0 aliphatic heterocycles. The molecule has 176 valence electrons. The van der Waals surface area contributed by atoms with Crippen molar-refractivity contribution < 1.29 is 0 Å². The molecule has 0 fully saturated rings. The third-order valence-corrected chi connectivity index (χ3v) is 8.60. The van der Waals surface area contributed by atoms with Crippen LogP contribution in [0.3, 0.4) is 0 Å². The fourth-order valence-electron chi connectivity index (χ4n) is 6.12. The number of nitrogens with zero attached hydrogens (tertiary/aromatic N) is 2. The van der Waals surface area contributed by atoms with Crippen molar-refractivity contribution in [2.75, 3.05) is 0 Å². The number of hydrogen-bond acceptors (Lipinski definition) is 3. The molecule has 2 heterocycles. The van der Waals surface area contributed by atoms with Crippen LogP contribution in [-0.4, -0.2) is 9.97 Å². The van der Waals surface area contributed by atoms with Crippen LogP contribution in [0.25, 0.3) is 42.7 Å². The van der Waals surface area contributed by atoms with E-state index in [1.165, 1.54) is 60.0 Å². The number of thiophene rings is 1. The van der Waals surface area contributed by atoms with Crippen LogP contribution in [0.2, 0.25) is 0 Å². The summed E-state index contributed by atoms with van der Waals surface area (Å²) in [5, 5.41) is 3.77. The molecule has 0 spiro atoms. The van der Waals surface area contributed by atoms with Gasteiger partial charge in [-0.05, 0) is 82.0 Å². The fraction of sp³-hybridized carbons (Fsp3) is 0.312. The van der Waals surface area contributed by atoms with Crippen LogP contribution in [0.15, 0.2) is 54.9 Å². The van der Waals surface area contributed by atoms with E-state index in [2.05, 4.69) is 97.0 Å². The molecule has 0 N–H and O–H groups in total. The standard InChI is InChI=1S/C32H32N2S/c1-18-12-20(16-31(3,4)5)13-19(2)25(18)29-27-26-28(33-17-34-30(26)35-29)23-14-21-10-8-9-11-22(21)15-24(23)32(27,6)7/h8-15,17H,16H2,1-7H3. The number of aryl methyl sites for hydroxylation is 2. The van der Waals surface area contributed by atoms with Gasteiger partial charge in [0.2, 0.25) is 0 Å². The predicted molar refractivity (Wildman–Crippen MR) is 151 cm³/mol. The van der Waals surface area contributed by atoms with E-state index in [0.717, 1.165) is 16.9 Å². The quantitative estimate of drug-likeness (QED) is 0.254. The molecule has 2 aromatic heterocycles. The first-order valence-corrected chi connectivity index (χ1v) is 13.3. The van der Waals surface area contributed by atoms with Gasteiger partial charge in [0.25, 0.3) is 0 Å². The summed E-state index contributed by atoms with van der Waals surface area (Å²) in [4.78, 5) is 12.1. The lowest BCUT2D eigenvalue weighted by Crippen LogP contribution is -2.24. The molecule has 6 rings (SSSR count). The van der Waals surface area contributed by atoms with Gasteiger partial charge in [-0.25, -0.2) is 9.97 Å². The van der Waals surface area contributed by atoms with Crippen LogP contribution >= 0.6 is 11.3 Å². The molecule has 1 aliphatic carbocycles. The summed E-state index contributed by atoms with van der Waals surface area (Å²) < 4.78 is 0. The number of fused-ring (bicyclic) bond motifs is 3. The molecular formula is C32H32N2S. The molecule has 0 saturated carbocycles. The highest BCUT2D eigenvalue weighted by Gasteiger charge is 2.39. The van der Waals surface area contributed by atoms with Crippen molar-refractivity contribution in [3.8, 4) is 21.7 Å². The van der Waals surface area contributed by atoms with Crippen LogP contribution in [0.4, 0.5) is 0 Å². The highest BCUT2D eigenvalue weighted by molar-refractivity contribution is 7.22. The van der Waals surface area contributed by atoms with Gasteiger partial charge >= 0.3 is 0 Å². The van der Waals surface area contributed by atoms with Gasteiger partial charge in [0.05, 0.1) is 5.69 Å². The zero-order chi connectivity index (χ0) is 24.7. The minimum atomic E-state index is -0.159. The predicted octanol–water partition coefficient (Wildman–Crippen LogP) is 9.02. The van der Waals surface area contributed by atoms with Gasteiger partial charge in [-0.3, -0.25) is 0 Å². The maximum Gasteiger partial charge on any atom is 0.128 e. The van der Waals surface area contributed by atoms with Crippen molar-refractivity contribution in [1.82, 2.24) is 9.97 Å². The second kappa shape index (κ2) is 7.48. The number of aromatic nitrogens is 2. The average molecular weight is 477 g/mol. The summed E-state index contributed by atoms with van der Waals surface area (Å²) in [6, 6.07) is 18.2. The smallest absolute Gasteiger partial charge is 0.128 e. The van der Waals surface area contributed by atoms with E-state index < -0.39 is 0 Å². The van der Waals surface area contributed by atoms with Crippen molar-refractivity contribution in [3.05, 3.63) is 82.7 Å². The molecule has 0 unspecified atom stereocenters. The minimum absolute atomic E-state index is 0.159. The molecule has 2 nitrogen and oxygen atoms in total. The van der Waals surface area contributed by atoms with E-state index in [4.69, 9.17) is 9.97 Å². The Balaban J connectivity index is 1.65. The molecule has 5 aromatic rings. The van der Waals surface area contributed by atoms with Gasteiger partial charge in [0.15, 0.2) is 0 Å². The van der Waals surface area contributed by atoms with Gasteiger partial charge in [-0.1, -0.05) is 71.0 Å². The summed E-state index contributed by atoms with van der Waals surface area (Å²) >= 11 is 1.83. The van der Waals surface area contributed by atoms with Gasteiger partial charge < -0.3 is 0 Å². The zero-order valence-electron chi connectivity index (χ0n) is 21.7. The first-order valence-electron chi connectivity index (χ1n) is 12.5. The number of hydrogen-bond donors (Lipinski definition) is 0. The molecule has 3 aromatic carbocycles. The van der Waals surface area contributed by atoms with E-state index in [-0.39, 0.29) is 10.8 Å². The van der Waals surface area contributed by atoms with Crippen molar-refractivity contribution in [3.63, 3.8) is 0 Å². The molecular weight excluding hydrogens is 444 g/mol. The Morgan fingerprint density at radius 1 is 0.886 bits per heavy atom. The van der Waals surface area contributed by atoms with E-state index in [1.54, 1.807) is 6.33 Å². The highest BCUT2D eigenvalue weighted by Crippen LogP contribution is 2.55. The Kier molecular flexibility index (Phi) is 4.79. The Hall–Kier alpha value is -3.04. The Morgan fingerprint density at radius 2 is 1.54 bits per heavy atom. The topological polar surface area (TPSA) is 25.8 Å². The third-order valence-electron chi connectivity index (χ3n) is 7.48. The maximum absolute atomic E-state index is 4.85. The molecule has 1 aliphatic rings. The normalized spacial score (nSPS) is 14.5. The zero-order valence-corrected chi connectivity index (χ0v) is 22.5. The lowest BCUT2D eigenvalue weighted by atomic mass is 9.69. The lowest BCUT2D eigenvalue weighted by molar-refractivity contribution is 0.411. The van der Waals surface area contributed by atoms with Crippen molar-refractivity contribution in [1.29, 1.82) is 0 Å². The lowest BCUT2D eigenvalue weighted by Gasteiger charge is -2.34. The summed E-state index contributed by atoms with van der Waals surface area (Å²) in [7, 11) is 0. The van der Waals surface area contributed by atoms with Gasteiger partial charge in [-0.2, -0.15) is 0 Å². The summed E-state index contributed by atoms with van der Waals surface area (Å²) in [6.07, 6.45) is 2.82. The SMILES string of the molecule is Cc1cc(CC(C)(C)C)cc(C)c1-c1sc2ncnc3c2c1C(C)(C)c1cc2ccccc2cc1-3. The first kappa shape index (κ1) is 22.4. The van der Waals surface area contributed by atoms with Crippen LogP contribution in [0, 0.1) is 19.3 Å². The third kappa shape index (κ3) is 3.43. The molecule has 0 atom stereocenters. The molecule has 0 radical (unpaired) electrons. The number of benzene rings is 3. The minimum Gasteiger partial charge on any atom is -0.236 e. The van der Waals surface area contributed by atoms with Crippen molar-refractivity contribution in [2.45, 2.75) is 60.3 Å². The van der Waals surface area contributed by atoms with Crippen LogP contribution in [0.1, 0.15) is 62.4 Å². The van der Waals surface area contributed by atoms with Crippen molar-refractivity contribution >= 4 is 32.3 Å². The molecule has 35 heavy (non-hydrogen) atoms. The summed E-state index contributed by atoms with van der Waals surface area (Å²) in [5.74, 6) is 0. The van der Waals surface area contributed by atoms with Crippen molar-refractivity contribution in [2.24, 2.45) is 5.41 Å². The largest absolute Gasteiger partial charge is 0.236 e. The summed E-state index contributed by atoms with van der Waals surface area (Å²) in [6.45, 7) is 16.2. The summed E-state index contributed by atoms with van der Waals surface area (Å²) in [5.41, 5.74) is 10.6. The van der Waals surface area contributed by atoms with Gasteiger partial charge in [0.1, 0.15) is 11.2 Å². The average Bonchev–Trinajstić information content (AvgIpc) is 3.16. The van der Waals surface area contributed by atoms with Crippen LogP contribution < -0.4 is 0 Å². The number of rotatable bonds is 2. The molecule has 0 amide bonds. The monoisotopic (exact) mass is 476 g/mol. The van der Waals surface area contributed by atoms with Crippen LogP contribution in [-0.2, 0) is 11.8 Å². The van der Waals surface area contributed by atoms with Crippen LogP contribution in [0.5, 0.6) is 0 Å². The second-order valence-corrected chi connectivity index (χ2v) is 12.9. The molecule has 3 heteroatoms. The fourth-order valence-corrected chi connectivity index (χ4v) is 7.60. The Labute approximate surface area is 212 Å². The Bertz CT molecular complexity index is 1620. The maximum atomic E-state index is 4.85. The van der Waals surface area contributed by atoms with E-state index in [0.29, 0.717) is 0 Å². The van der Waals surface area contributed by atoms with E-state index in [1.807, 2.05) is 11.3 Å². The van der Waals surface area contributed by atoms with E-state index >= 15 is 0 Å². The van der Waals surface area contributed by atoms with Gasteiger partial charge in [-0.15, -0.1) is 11.3 Å². The molecule has 0 saturated heterocycles. The van der Waals surface area contributed by atoms with E-state index in [9.17, 15) is 0 Å². The highest BCUT2D eigenvalue weighted by atomic mass is 32.1. The first-order chi connectivity index (χ1) is 16.5. The Morgan fingerprint density at radius 3 is 2.20 bits per heavy atom. The molecule has 0 bridgehead atoms.